The van der Waals surface area contributed by atoms with Crippen LogP contribution >= 0.6 is 0 Å². The summed E-state index contributed by atoms with van der Waals surface area (Å²) in [5.41, 5.74) is 0.375. The molecular weight excluding hydrogens is 435 g/mol. The number of para-hydroxylation sites is 1. The molecule has 0 saturated carbocycles. The second kappa shape index (κ2) is 12.2. The SMILES string of the molecule is CC(C)C(OC(=O)Nc1ccc(Oc2ccccc2)cc1)C(=O)NC(CC(=O)O)C(=O)CF. The number of nitrogens with one attached hydrogen (secondary N) is 2. The zero-order valence-corrected chi connectivity index (χ0v) is 18.1. The molecule has 2 aromatic carbocycles. The molecule has 9 nitrogen and oxygen atoms in total. The highest BCUT2D eigenvalue weighted by Gasteiger charge is 2.31. The Bertz CT molecular complexity index is 965. The van der Waals surface area contributed by atoms with Crippen molar-refractivity contribution in [3.05, 3.63) is 54.6 Å². The molecule has 0 heterocycles. The average molecular weight is 460 g/mol. The Morgan fingerprint density at radius 2 is 1.58 bits per heavy atom. The van der Waals surface area contributed by atoms with Gasteiger partial charge in [0.05, 0.1) is 6.42 Å². The monoisotopic (exact) mass is 460 g/mol. The summed E-state index contributed by atoms with van der Waals surface area (Å²) in [7, 11) is 0. The summed E-state index contributed by atoms with van der Waals surface area (Å²) in [6.45, 7) is 1.75. The maximum absolute atomic E-state index is 12.7. The van der Waals surface area contributed by atoms with Crippen molar-refractivity contribution in [2.75, 3.05) is 12.0 Å². The summed E-state index contributed by atoms with van der Waals surface area (Å²) in [6, 6.07) is 14.0. The Kier molecular flexibility index (Phi) is 9.34. The van der Waals surface area contributed by atoms with Gasteiger partial charge in [0.1, 0.15) is 24.2 Å². The number of hydrogen-bond acceptors (Lipinski definition) is 6. The number of alkyl halides is 1. The molecule has 2 atom stereocenters. The van der Waals surface area contributed by atoms with Gasteiger partial charge in [-0.1, -0.05) is 32.0 Å². The molecule has 2 unspecified atom stereocenters. The standard InChI is InChI=1S/C23H25FN2O7/c1-14(2)21(22(30)26-18(12-20(28)29)19(27)13-24)33-23(31)25-15-8-10-17(11-9-15)32-16-6-4-3-5-7-16/h3-11,14,18,21H,12-13H2,1-2H3,(H,25,31)(H,26,30)(H,28,29). The predicted molar refractivity (Wildman–Crippen MR) is 117 cm³/mol. The molecule has 3 N–H and O–H groups in total. The first-order valence-corrected chi connectivity index (χ1v) is 10.1. The molecule has 176 valence electrons. The van der Waals surface area contributed by atoms with E-state index in [1.54, 1.807) is 50.2 Å². The Balaban J connectivity index is 1.98. The van der Waals surface area contributed by atoms with Crippen LogP contribution in [0.3, 0.4) is 0 Å². The molecule has 33 heavy (non-hydrogen) atoms. The quantitative estimate of drug-likeness (QED) is 0.467. The molecule has 0 aliphatic carbocycles. The zero-order chi connectivity index (χ0) is 24.4. The van der Waals surface area contributed by atoms with E-state index in [2.05, 4.69) is 10.6 Å². The van der Waals surface area contributed by atoms with Gasteiger partial charge in [-0.15, -0.1) is 0 Å². The van der Waals surface area contributed by atoms with Crippen LogP contribution in [0.2, 0.25) is 0 Å². The number of benzene rings is 2. The minimum absolute atomic E-state index is 0.375. The van der Waals surface area contributed by atoms with Crippen molar-refractivity contribution in [3.8, 4) is 11.5 Å². The second-order valence-electron chi connectivity index (χ2n) is 7.39. The molecule has 10 heteroatoms. The van der Waals surface area contributed by atoms with E-state index >= 15 is 0 Å². The fourth-order valence-electron chi connectivity index (χ4n) is 2.75. The number of carboxylic acid groups (broad SMARTS) is 1. The number of hydrogen-bond donors (Lipinski definition) is 3. The first-order valence-electron chi connectivity index (χ1n) is 10.1. The van der Waals surface area contributed by atoms with E-state index < -0.39 is 54.9 Å². The van der Waals surface area contributed by atoms with Gasteiger partial charge in [0, 0.05) is 5.69 Å². The largest absolute Gasteiger partial charge is 0.481 e. The van der Waals surface area contributed by atoms with Crippen molar-refractivity contribution in [2.45, 2.75) is 32.4 Å². The summed E-state index contributed by atoms with van der Waals surface area (Å²) in [5.74, 6) is -2.70. The molecule has 0 aromatic heterocycles. The third-order valence-corrected chi connectivity index (χ3v) is 4.39. The van der Waals surface area contributed by atoms with Crippen LogP contribution in [0, 0.1) is 5.92 Å². The van der Waals surface area contributed by atoms with Crippen molar-refractivity contribution in [1.29, 1.82) is 0 Å². The van der Waals surface area contributed by atoms with Gasteiger partial charge in [-0.3, -0.25) is 19.7 Å². The van der Waals surface area contributed by atoms with E-state index in [1.807, 2.05) is 18.2 Å². The molecule has 0 saturated heterocycles. The lowest BCUT2D eigenvalue weighted by atomic mass is 10.0. The lowest BCUT2D eigenvalue weighted by Gasteiger charge is -2.23. The summed E-state index contributed by atoms with van der Waals surface area (Å²) < 4.78 is 23.5. The number of carbonyl (C=O) groups excluding carboxylic acids is 3. The Hall–Kier alpha value is -3.95. The third-order valence-electron chi connectivity index (χ3n) is 4.39. The van der Waals surface area contributed by atoms with E-state index in [9.17, 15) is 23.6 Å². The van der Waals surface area contributed by atoms with Crippen LogP contribution in [0.5, 0.6) is 11.5 Å². The number of anilines is 1. The van der Waals surface area contributed by atoms with Crippen LogP contribution in [-0.2, 0) is 19.1 Å². The van der Waals surface area contributed by atoms with Gasteiger partial charge in [0.15, 0.2) is 11.9 Å². The lowest BCUT2D eigenvalue weighted by Crippen LogP contribution is -2.49. The Morgan fingerprint density at radius 3 is 2.12 bits per heavy atom. The van der Waals surface area contributed by atoms with E-state index in [0.717, 1.165) is 0 Å². The summed E-state index contributed by atoms with van der Waals surface area (Å²) in [6.07, 6.45) is -3.07. The minimum atomic E-state index is -1.56. The zero-order valence-electron chi connectivity index (χ0n) is 18.1. The normalized spacial score (nSPS) is 12.4. The van der Waals surface area contributed by atoms with Gasteiger partial charge in [-0.25, -0.2) is 9.18 Å². The van der Waals surface area contributed by atoms with Crippen molar-refractivity contribution >= 4 is 29.4 Å². The number of ketones is 1. The molecule has 0 radical (unpaired) electrons. The fraction of sp³-hybridized carbons (Fsp3) is 0.304. The molecule has 2 aromatic rings. The number of halogens is 1. The topological polar surface area (TPSA) is 131 Å². The van der Waals surface area contributed by atoms with Gasteiger partial charge >= 0.3 is 12.1 Å². The van der Waals surface area contributed by atoms with Crippen molar-refractivity contribution in [1.82, 2.24) is 5.32 Å². The summed E-state index contributed by atoms with van der Waals surface area (Å²) >= 11 is 0. The summed E-state index contributed by atoms with van der Waals surface area (Å²) in [4.78, 5) is 47.3. The number of carboxylic acids is 1. The molecule has 0 spiro atoms. The summed E-state index contributed by atoms with van der Waals surface area (Å²) in [5, 5.41) is 13.5. The molecule has 0 bridgehead atoms. The number of amides is 2. The van der Waals surface area contributed by atoms with Crippen LogP contribution in [0.15, 0.2) is 54.6 Å². The first-order chi connectivity index (χ1) is 15.7. The number of ether oxygens (including phenoxy) is 2. The smallest absolute Gasteiger partial charge is 0.412 e. The minimum Gasteiger partial charge on any atom is -0.481 e. The van der Waals surface area contributed by atoms with Gasteiger partial charge < -0.3 is 19.9 Å². The average Bonchev–Trinajstić information content (AvgIpc) is 2.78. The van der Waals surface area contributed by atoms with E-state index in [0.29, 0.717) is 17.2 Å². The number of aliphatic carboxylic acids is 1. The van der Waals surface area contributed by atoms with Gasteiger partial charge in [-0.2, -0.15) is 0 Å². The predicted octanol–water partition coefficient (Wildman–Crippen LogP) is 3.55. The van der Waals surface area contributed by atoms with Gasteiger partial charge in [0.2, 0.25) is 0 Å². The number of Topliss-reactive ketones (excluding diaryl/α,β-unsaturated/α-hetero) is 1. The van der Waals surface area contributed by atoms with E-state index in [-0.39, 0.29) is 0 Å². The first kappa shape index (κ1) is 25.3. The molecule has 0 aliphatic heterocycles. The molecule has 0 fully saturated rings. The highest BCUT2D eigenvalue weighted by Crippen LogP contribution is 2.23. The van der Waals surface area contributed by atoms with Crippen LogP contribution in [0.4, 0.5) is 14.9 Å². The molecular formula is C23H25FN2O7. The van der Waals surface area contributed by atoms with Crippen molar-refractivity contribution in [2.24, 2.45) is 5.92 Å². The van der Waals surface area contributed by atoms with E-state index in [1.165, 1.54) is 0 Å². The Morgan fingerprint density at radius 1 is 0.970 bits per heavy atom. The number of rotatable bonds is 11. The van der Waals surface area contributed by atoms with E-state index in [4.69, 9.17) is 14.6 Å². The molecule has 0 aliphatic rings. The highest BCUT2D eigenvalue weighted by molar-refractivity contribution is 5.94. The van der Waals surface area contributed by atoms with Crippen molar-refractivity contribution < 1.29 is 38.1 Å². The molecule has 2 rings (SSSR count). The lowest BCUT2D eigenvalue weighted by molar-refractivity contribution is -0.141. The third kappa shape index (κ3) is 8.24. The van der Waals surface area contributed by atoms with Gasteiger partial charge in [-0.05, 0) is 42.3 Å². The maximum atomic E-state index is 12.7. The van der Waals surface area contributed by atoms with Gasteiger partial charge in [0.25, 0.3) is 5.91 Å². The highest BCUT2D eigenvalue weighted by atomic mass is 19.1. The molecule has 2 amide bonds. The number of carbonyl (C=O) groups is 4. The van der Waals surface area contributed by atoms with Crippen LogP contribution < -0.4 is 15.4 Å². The van der Waals surface area contributed by atoms with Crippen LogP contribution in [0.25, 0.3) is 0 Å². The fourth-order valence-corrected chi connectivity index (χ4v) is 2.75. The maximum Gasteiger partial charge on any atom is 0.412 e. The van der Waals surface area contributed by atoms with Crippen molar-refractivity contribution in [3.63, 3.8) is 0 Å². The van der Waals surface area contributed by atoms with Crippen LogP contribution in [-0.4, -0.2) is 47.7 Å². The second-order valence-corrected chi connectivity index (χ2v) is 7.39. The Labute approximate surface area is 189 Å². The van der Waals surface area contributed by atoms with Crippen LogP contribution in [0.1, 0.15) is 20.3 Å².